The maximum Gasteiger partial charge on any atom is 0.0621 e. The molecule has 0 fully saturated rings. The molecule has 1 atom stereocenters. The molecule has 0 saturated carbocycles. The van der Waals surface area contributed by atoms with Crippen molar-refractivity contribution in [2.45, 2.75) is 19.5 Å². The van der Waals surface area contributed by atoms with Gasteiger partial charge in [0.15, 0.2) is 0 Å². The lowest BCUT2D eigenvalue weighted by Crippen LogP contribution is -2.33. The van der Waals surface area contributed by atoms with Crippen molar-refractivity contribution in [3.05, 3.63) is 18.0 Å². The zero-order valence-corrected chi connectivity index (χ0v) is 6.99. The summed E-state index contributed by atoms with van der Waals surface area (Å²) in [5.41, 5.74) is 1.33. The van der Waals surface area contributed by atoms with E-state index in [1.165, 1.54) is 5.69 Å². The van der Waals surface area contributed by atoms with Gasteiger partial charge in [-0.1, -0.05) is 0 Å². The van der Waals surface area contributed by atoms with E-state index in [0.29, 0.717) is 6.04 Å². The van der Waals surface area contributed by atoms with Gasteiger partial charge in [-0.3, -0.25) is 9.58 Å². The van der Waals surface area contributed by atoms with Gasteiger partial charge < -0.3 is 0 Å². The molecular weight excluding hydrogens is 138 g/mol. The summed E-state index contributed by atoms with van der Waals surface area (Å²) >= 11 is 0. The Kier molecular flexibility index (Phi) is 1.46. The number of rotatable bonds is 0. The Balaban J connectivity index is 2.36. The van der Waals surface area contributed by atoms with E-state index >= 15 is 0 Å². The lowest BCUT2D eigenvalue weighted by molar-refractivity contribution is 0.220. The lowest BCUT2D eigenvalue weighted by Gasteiger charge is -2.28. The number of fused-ring (bicyclic) bond motifs is 1. The Hall–Kier alpha value is -0.830. The summed E-state index contributed by atoms with van der Waals surface area (Å²) in [7, 11) is 2.15. The van der Waals surface area contributed by atoms with Crippen LogP contribution in [0.1, 0.15) is 18.7 Å². The topological polar surface area (TPSA) is 21.1 Å². The molecule has 0 aromatic carbocycles. The summed E-state index contributed by atoms with van der Waals surface area (Å²) in [4.78, 5) is 2.32. The highest BCUT2D eigenvalue weighted by atomic mass is 15.3. The van der Waals surface area contributed by atoms with Gasteiger partial charge in [-0.25, -0.2) is 0 Å². The third-order valence-corrected chi connectivity index (χ3v) is 2.18. The van der Waals surface area contributed by atoms with Crippen LogP contribution in [0, 0.1) is 0 Å². The quantitative estimate of drug-likeness (QED) is 0.549. The molecule has 2 rings (SSSR count). The van der Waals surface area contributed by atoms with Gasteiger partial charge in [0.1, 0.15) is 0 Å². The van der Waals surface area contributed by atoms with E-state index in [1.54, 1.807) is 0 Å². The van der Waals surface area contributed by atoms with Crippen LogP contribution in [0.3, 0.4) is 0 Å². The van der Waals surface area contributed by atoms with Crippen LogP contribution in [0.5, 0.6) is 0 Å². The molecule has 3 heteroatoms. The van der Waals surface area contributed by atoms with Crippen LogP contribution in [-0.4, -0.2) is 28.3 Å². The van der Waals surface area contributed by atoms with E-state index < -0.39 is 0 Å². The molecule has 11 heavy (non-hydrogen) atoms. The number of nitrogens with zero attached hydrogens (tertiary/aromatic N) is 3. The normalized spacial score (nSPS) is 25.1. The Labute approximate surface area is 66.6 Å². The molecule has 0 spiro atoms. The highest BCUT2D eigenvalue weighted by Gasteiger charge is 2.18. The number of likely N-dealkylation sites (N-methyl/N-ethyl adjacent to an activating group) is 1. The molecule has 1 aliphatic heterocycles. The van der Waals surface area contributed by atoms with Crippen molar-refractivity contribution in [3.8, 4) is 0 Å². The monoisotopic (exact) mass is 151 g/mol. The van der Waals surface area contributed by atoms with Crippen LogP contribution in [0.4, 0.5) is 0 Å². The Morgan fingerprint density at radius 2 is 2.45 bits per heavy atom. The Morgan fingerprint density at radius 3 is 3.27 bits per heavy atom. The van der Waals surface area contributed by atoms with Gasteiger partial charge in [0.25, 0.3) is 0 Å². The highest BCUT2D eigenvalue weighted by molar-refractivity contribution is 5.04. The van der Waals surface area contributed by atoms with E-state index in [1.807, 2.05) is 6.20 Å². The summed E-state index contributed by atoms with van der Waals surface area (Å²) in [6.07, 6.45) is 1.88. The SMILES string of the molecule is CC1CN(C)Cc2ccnn21. The largest absolute Gasteiger partial charge is 0.298 e. The number of hydrogen-bond acceptors (Lipinski definition) is 2. The van der Waals surface area contributed by atoms with Crippen LogP contribution in [0.2, 0.25) is 0 Å². The third-order valence-electron chi connectivity index (χ3n) is 2.18. The minimum absolute atomic E-state index is 0.527. The smallest absolute Gasteiger partial charge is 0.0621 e. The maximum atomic E-state index is 4.26. The molecule has 0 N–H and O–H groups in total. The summed E-state index contributed by atoms with van der Waals surface area (Å²) < 4.78 is 2.11. The van der Waals surface area contributed by atoms with E-state index in [4.69, 9.17) is 0 Å². The van der Waals surface area contributed by atoms with Crippen molar-refractivity contribution in [2.75, 3.05) is 13.6 Å². The first-order valence-corrected chi connectivity index (χ1v) is 3.98. The first-order valence-electron chi connectivity index (χ1n) is 3.98. The molecule has 1 aromatic heterocycles. The third kappa shape index (κ3) is 1.05. The summed E-state index contributed by atoms with van der Waals surface area (Å²) in [6.45, 7) is 4.34. The molecule has 0 aliphatic carbocycles. The zero-order valence-electron chi connectivity index (χ0n) is 6.99. The minimum atomic E-state index is 0.527. The molecule has 1 aliphatic rings. The van der Waals surface area contributed by atoms with Gasteiger partial charge in [-0.05, 0) is 20.0 Å². The number of aromatic nitrogens is 2. The molecule has 60 valence electrons. The minimum Gasteiger partial charge on any atom is -0.298 e. The predicted molar refractivity (Wildman–Crippen MR) is 43.3 cm³/mol. The Morgan fingerprint density at radius 1 is 1.64 bits per heavy atom. The fraction of sp³-hybridized carbons (Fsp3) is 0.625. The number of hydrogen-bond donors (Lipinski definition) is 0. The predicted octanol–water partition coefficient (Wildman–Crippen LogP) is 0.889. The lowest BCUT2D eigenvalue weighted by atomic mass is 10.2. The van der Waals surface area contributed by atoms with Crippen LogP contribution in [-0.2, 0) is 6.54 Å². The van der Waals surface area contributed by atoms with Crippen molar-refractivity contribution in [1.29, 1.82) is 0 Å². The van der Waals surface area contributed by atoms with Gasteiger partial charge in [0.2, 0.25) is 0 Å². The van der Waals surface area contributed by atoms with Gasteiger partial charge in [-0.15, -0.1) is 0 Å². The zero-order chi connectivity index (χ0) is 7.84. The van der Waals surface area contributed by atoms with Crippen LogP contribution in [0.25, 0.3) is 0 Å². The summed E-state index contributed by atoms with van der Waals surface area (Å²) in [5, 5.41) is 4.26. The van der Waals surface area contributed by atoms with Crippen molar-refractivity contribution >= 4 is 0 Å². The van der Waals surface area contributed by atoms with Crippen molar-refractivity contribution < 1.29 is 0 Å². The second-order valence-corrected chi connectivity index (χ2v) is 3.31. The van der Waals surface area contributed by atoms with Crippen molar-refractivity contribution in [1.82, 2.24) is 14.7 Å². The first kappa shape index (κ1) is 6.85. The first-order chi connectivity index (χ1) is 5.27. The molecule has 0 amide bonds. The summed E-state index contributed by atoms with van der Waals surface area (Å²) in [5.74, 6) is 0. The molecule has 0 radical (unpaired) electrons. The van der Waals surface area contributed by atoms with Gasteiger partial charge >= 0.3 is 0 Å². The van der Waals surface area contributed by atoms with Crippen LogP contribution < -0.4 is 0 Å². The molecular formula is C8H13N3. The Bertz CT molecular complexity index is 254. The molecule has 0 bridgehead atoms. The average Bonchev–Trinajstić information content (AvgIpc) is 2.34. The van der Waals surface area contributed by atoms with E-state index in [9.17, 15) is 0 Å². The molecule has 1 aromatic rings. The van der Waals surface area contributed by atoms with Crippen molar-refractivity contribution in [2.24, 2.45) is 0 Å². The molecule has 3 nitrogen and oxygen atoms in total. The maximum absolute atomic E-state index is 4.26. The molecule has 2 heterocycles. The standard InChI is InChI=1S/C8H13N3/c1-7-5-10(2)6-8-3-4-9-11(7)8/h3-4,7H,5-6H2,1-2H3. The molecule has 0 saturated heterocycles. The highest BCUT2D eigenvalue weighted by Crippen LogP contribution is 2.17. The summed E-state index contributed by atoms with van der Waals surface area (Å²) in [6, 6.07) is 2.62. The van der Waals surface area contributed by atoms with Gasteiger partial charge in [0, 0.05) is 19.3 Å². The van der Waals surface area contributed by atoms with Crippen molar-refractivity contribution in [3.63, 3.8) is 0 Å². The van der Waals surface area contributed by atoms with E-state index in [2.05, 4.69) is 34.7 Å². The van der Waals surface area contributed by atoms with Gasteiger partial charge in [0.05, 0.1) is 11.7 Å². The fourth-order valence-corrected chi connectivity index (χ4v) is 1.73. The second-order valence-electron chi connectivity index (χ2n) is 3.31. The average molecular weight is 151 g/mol. The van der Waals surface area contributed by atoms with Crippen LogP contribution in [0.15, 0.2) is 12.3 Å². The fourth-order valence-electron chi connectivity index (χ4n) is 1.73. The van der Waals surface area contributed by atoms with E-state index in [-0.39, 0.29) is 0 Å². The van der Waals surface area contributed by atoms with E-state index in [0.717, 1.165) is 13.1 Å². The van der Waals surface area contributed by atoms with Gasteiger partial charge in [-0.2, -0.15) is 5.10 Å². The van der Waals surface area contributed by atoms with Crippen LogP contribution >= 0.6 is 0 Å². The molecule has 1 unspecified atom stereocenters. The second kappa shape index (κ2) is 2.34.